The lowest BCUT2D eigenvalue weighted by Gasteiger charge is -2.10. The zero-order chi connectivity index (χ0) is 22.7. The molecule has 1 amide bonds. The van der Waals surface area contributed by atoms with Gasteiger partial charge in [-0.2, -0.15) is 4.52 Å². The van der Waals surface area contributed by atoms with E-state index >= 15 is 0 Å². The van der Waals surface area contributed by atoms with E-state index < -0.39 is 0 Å². The number of hydrogen-bond donors (Lipinski definition) is 1. The number of rotatable bonds is 8. The molecule has 3 aromatic heterocycles. The second-order valence-electron chi connectivity index (χ2n) is 6.78. The molecule has 1 N–H and O–H groups in total. The maximum Gasteiger partial charge on any atom is 0.263 e. The van der Waals surface area contributed by atoms with Crippen molar-refractivity contribution in [3.8, 4) is 28.8 Å². The SMILES string of the molecule is COc1ccc(OC)c(-c2nnc3ccc(OCCNC(=O)c4sc(C)nc4C)nn23)c1. The molecule has 0 spiro atoms. The van der Waals surface area contributed by atoms with Crippen molar-refractivity contribution in [1.82, 2.24) is 30.1 Å². The van der Waals surface area contributed by atoms with Gasteiger partial charge in [-0.15, -0.1) is 26.6 Å². The average Bonchev–Trinajstić information content (AvgIpc) is 3.37. The highest BCUT2D eigenvalue weighted by Crippen LogP contribution is 2.32. The summed E-state index contributed by atoms with van der Waals surface area (Å²) >= 11 is 1.37. The molecule has 0 bridgehead atoms. The van der Waals surface area contributed by atoms with E-state index in [1.807, 2.05) is 19.9 Å². The Balaban J connectivity index is 1.47. The van der Waals surface area contributed by atoms with Crippen LogP contribution in [0.5, 0.6) is 17.4 Å². The third-order valence-electron chi connectivity index (χ3n) is 4.63. The molecule has 10 nitrogen and oxygen atoms in total. The van der Waals surface area contributed by atoms with Crippen molar-refractivity contribution in [3.63, 3.8) is 0 Å². The smallest absolute Gasteiger partial charge is 0.263 e. The third-order valence-corrected chi connectivity index (χ3v) is 5.70. The minimum absolute atomic E-state index is 0.161. The van der Waals surface area contributed by atoms with Crippen molar-refractivity contribution in [3.05, 3.63) is 45.9 Å². The van der Waals surface area contributed by atoms with Gasteiger partial charge in [0.1, 0.15) is 23.0 Å². The van der Waals surface area contributed by atoms with Crippen LogP contribution in [0.15, 0.2) is 30.3 Å². The maximum atomic E-state index is 12.3. The Hall–Kier alpha value is -3.73. The molecule has 1 aromatic carbocycles. The highest BCUT2D eigenvalue weighted by atomic mass is 32.1. The van der Waals surface area contributed by atoms with Gasteiger partial charge in [0.05, 0.1) is 37.0 Å². The van der Waals surface area contributed by atoms with Gasteiger partial charge in [-0.25, -0.2) is 4.98 Å². The highest BCUT2D eigenvalue weighted by Gasteiger charge is 2.16. The molecule has 0 saturated carbocycles. The maximum absolute atomic E-state index is 12.3. The first-order valence-electron chi connectivity index (χ1n) is 9.80. The van der Waals surface area contributed by atoms with Crippen LogP contribution in [-0.2, 0) is 0 Å². The summed E-state index contributed by atoms with van der Waals surface area (Å²) < 4.78 is 18.1. The number of carbonyl (C=O) groups is 1. The van der Waals surface area contributed by atoms with Crippen LogP contribution in [0.4, 0.5) is 0 Å². The van der Waals surface area contributed by atoms with Crippen LogP contribution < -0.4 is 19.5 Å². The number of hydrogen-bond acceptors (Lipinski definition) is 9. The van der Waals surface area contributed by atoms with Crippen molar-refractivity contribution in [1.29, 1.82) is 0 Å². The molecule has 0 atom stereocenters. The fourth-order valence-electron chi connectivity index (χ4n) is 3.15. The van der Waals surface area contributed by atoms with Crippen molar-refractivity contribution in [2.45, 2.75) is 13.8 Å². The van der Waals surface area contributed by atoms with Crippen LogP contribution in [0.1, 0.15) is 20.4 Å². The second kappa shape index (κ2) is 9.18. The topological polar surface area (TPSA) is 113 Å². The van der Waals surface area contributed by atoms with E-state index in [4.69, 9.17) is 14.2 Å². The van der Waals surface area contributed by atoms with Gasteiger partial charge in [-0.05, 0) is 38.1 Å². The molecule has 3 heterocycles. The fourth-order valence-corrected chi connectivity index (χ4v) is 3.98. The monoisotopic (exact) mass is 454 g/mol. The number of aromatic nitrogens is 5. The number of amides is 1. The number of ether oxygens (including phenoxy) is 3. The average molecular weight is 455 g/mol. The van der Waals surface area contributed by atoms with Crippen LogP contribution in [0.2, 0.25) is 0 Å². The second-order valence-corrected chi connectivity index (χ2v) is 7.99. The van der Waals surface area contributed by atoms with E-state index in [-0.39, 0.29) is 12.5 Å². The van der Waals surface area contributed by atoms with Gasteiger partial charge in [0.2, 0.25) is 5.88 Å². The summed E-state index contributed by atoms with van der Waals surface area (Å²) in [6.07, 6.45) is 0. The molecule has 4 rings (SSSR count). The summed E-state index contributed by atoms with van der Waals surface area (Å²) in [6.45, 7) is 4.27. The first-order chi connectivity index (χ1) is 15.5. The molecular weight excluding hydrogens is 432 g/mol. The molecule has 0 aliphatic heterocycles. The number of carbonyl (C=O) groups excluding carboxylic acids is 1. The number of nitrogens with zero attached hydrogens (tertiary/aromatic N) is 5. The van der Waals surface area contributed by atoms with Gasteiger partial charge in [-0.1, -0.05) is 0 Å². The number of fused-ring (bicyclic) bond motifs is 1. The molecule has 4 aromatic rings. The van der Waals surface area contributed by atoms with Gasteiger partial charge in [-0.3, -0.25) is 4.79 Å². The number of benzene rings is 1. The predicted octanol–water partition coefficient (Wildman–Crippen LogP) is 2.69. The Kier molecular flexibility index (Phi) is 6.17. The van der Waals surface area contributed by atoms with Crippen molar-refractivity contribution >= 4 is 22.9 Å². The van der Waals surface area contributed by atoms with E-state index in [1.165, 1.54) is 11.3 Å². The molecular formula is C21H22N6O4S. The Bertz CT molecular complexity index is 1270. The first-order valence-corrected chi connectivity index (χ1v) is 10.6. The van der Waals surface area contributed by atoms with Crippen LogP contribution in [-0.4, -0.2) is 58.1 Å². The fraction of sp³-hybridized carbons (Fsp3) is 0.286. The minimum Gasteiger partial charge on any atom is -0.497 e. The highest BCUT2D eigenvalue weighted by molar-refractivity contribution is 7.13. The number of nitrogens with one attached hydrogen (secondary N) is 1. The molecule has 0 fully saturated rings. The quantitative estimate of drug-likeness (QED) is 0.405. The molecule has 0 aliphatic carbocycles. The van der Waals surface area contributed by atoms with Gasteiger partial charge >= 0.3 is 0 Å². The lowest BCUT2D eigenvalue weighted by Crippen LogP contribution is -2.28. The van der Waals surface area contributed by atoms with E-state index in [0.29, 0.717) is 45.8 Å². The summed E-state index contributed by atoms with van der Waals surface area (Å²) in [5.74, 6) is 1.98. The molecule has 0 saturated heterocycles. The summed E-state index contributed by atoms with van der Waals surface area (Å²) in [5.41, 5.74) is 1.97. The zero-order valence-corrected chi connectivity index (χ0v) is 18.9. The van der Waals surface area contributed by atoms with Gasteiger partial charge < -0.3 is 19.5 Å². The lowest BCUT2D eigenvalue weighted by molar-refractivity contribution is 0.0949. The Morgan fingerprint density at radius 1 is 1.12 bits per heavy atom. The van der Waals surface area contributed by atoms with Gasteiger partial charge in [0, 0.05) is 6.07 Å². The molecule has 0 radical (unpaired) electrons. The lowest BCUT2D eigenvalue weighted by atomic mass is 10.2. The van der Waals surface area contributed by atoms with Crippen LogP contribution in [0.25, 0.3) is 17.0 Å². The number of thiazole rings is 1. The van der Waals surface area contributed by atoms with E-state index in [0.717, 1.165) is 10.7 Å². The summed E-state index contributed by atoms with van der Waals surface area (Å²) in [4.78, 5) is 17.2. The third kappa shape index (κ3) is 4.33. The largest absolute Gasteiger partial charge is 0.497 e. The van der Waals surface area contributed by atoms with Crippen LogP contribution >= 0.6 is 11.3 Å². The van der Waals surface area contributed by atoms with Crippen LogP contribution in [0.3, 0.4) is 0 Å². The standard InChI is InChI=1S/C21H22N6O4S/c1-12-19(32-13(2)23-12)21(28)22-9-10-31-18-8-7-17-24-25-20(27(17)26-18)15-11-14(29-3)5-6-16(15)30-4/h5-8,11H,9-10H2,1-4H3,(H,22,28). The molecule has 0 aliphatic rings. The van der Waals surface area contributed by atoms with E-state index in [2.05, 4.69) is 25.6 Å². The normalized spacial score (nSPS) is 10.9. The Morgan fingerprint density at radius 3 is 2.69 bits per heavy atom. The van der Waals surface area contributed by atoms with Crippen molar-refractivity contribution in [2.24, 2.45) is 0 Å². The number of methoxy groups -OCH3 is 2. The van der Waals surface area contributed by atoms with E-state index in [1.54, 1.807) is 43.0 Å². The van der Waals surface area contributed by atoms with E-state index in [9.17, 15) is 4.79 Å². The summed E-state index contributed by atoms with van der Waals surface area (Å²) in [6, 6.07) is 8.87. The minimum atomic E-state index is -0.161. The van der Waals surface area contributed by atoms with Crippen molar-refractivity contribution in [2.75, 3.05) is 27.4 Å². The molecule has 0 unspecified atom stereocenters. The molecule has 166 valence electrons. The van der Waals surface area contributed by atoms with Crippen molar-refractivity contribution < 1.29 is 19.0 Å². The summed E-state index contributed by atoms with van der Waals surface area (Å²) in [5, 5.41) is 16.6. The first kappa shape index (κ1) is 21.5. The summed E-state index contributed by atoms with van der Waals surface area (Å²) in [7, 11) is 3.17. The Morgan fingerprint density at radius 2 is 1.97 bits per heavy atom. The molecule has 11 heteroatoms. The Labute approximate surface area is 188 Å². The number of aryl methyl sites for hydroxylation is 2. The zero-order valence-electron chi connectivity index (χ0n) is 18.1. The molecule has 32 heavy (non-hydrogen) atoms. The van der Waals surface area contributed by atoms with Crippen LogP contribution in [0, 0.1) is 13.8 Å². The predicted molar refractivity (Wildman–Crippen MR) is 119 cm³/mol. The van der Waals surface area contributed by atoms with Gasteiger partial charge in [0.25, 0.3) is 5.91 Å². The van der Waals surface area contributed by atoms with Gasteiger partial charge in [0.15, 0.2) is 11.5 Å².